The maximum absolute atomic E-state index is 11.5. The predicted octanol–water partition coefficient (Wildman–Crippen LogP) is 0.741. The third-order valence-corrected chi connectivity index (χ3v) is 4.92. The molecule has 0 aromatic heterocycles. The summed E-state index contributed by atoms with van der Waals surface area (Å²) in [6, 6.07) is 0.419. The largest absolute Gasteiger partial charge is 0.315 e. The molecule has 0 saturated carbocycles. The van der Waals surface area contributed by atoms with E-state index in [2.05, 4.69) is 31.0 Å². The van der Waals surface area contributed by atoms with Crippen molar-refractivity contribution in [2.24, 2.45) is 5.92 Å². The Labute approximate surface area is 106 Å². The molecular weight excluding hydrogens is 236 g/mol. The number of hydrogen-bond donors (Lipinski definition) is 1. The molecule has 1 fully saturated rings. The Morgan fingerprint density at radius 3 is 2.47 bits per heavy atom. The number of rotatable bonds is 5. The van der Waals surface area contributed by atoms with Gasteiger partial charge in [-0.15, -0.1) is 0 Å². The first-order valence-electron chi connectivity index (χ1n) is 6.56. The summed E-state index contributed by atoms with van der Waals surface area (Å²) in [5.41, 5.74) is 0. The summed E-state index contributed by atoms with van der Waals surface area (Å²) in [5.74, 6) is 1.34. The standard InChI is InChI=1S/C12H26N2O2S/c1-11(2)9-13-10-12(3)14-5-4-7-17(15,16)8-6-14/h11-13H,4-10H2,1-3H3. The number of sulfone groups is 1. The van der Waals surface area contributed by atoms with Gasteiger partial charge in [-0.1, -0.05) is 13.8 Å². The first kappa shape index (κ1) is 14.9. The predicted molar refractivity (Wildman–Crippen MR) is 72.0 cm³/mol. The molecular formula is C12H26N2O2S. The molecule has 1 aliphatic rings. The van der Waals surface area contributed by atoms with Crippen LogP contribution in [0.5, 0.6) is 0 Å². The highest BCUT2D eigenvalue weighted by Gasteiger charge is 2.22. The lowest BCUT2D eigenvalue weighted by Crippen LogP contribution is -2.42. The Balaban J connectivity index is 2.34. The zero-order chi connectivity index (χ0) is 12.9. The van der Waals surface area contributed by atoms with Gasteiger partial charge in [-0.3, -0.25) is 4.90 Å². The van der Waals surface area contributed by atoms with E-state index < -0.39 is 9.84 Å². The summed E-state index contributed by atoms with van der Waals surface area (Å²) < 4.78 is 23.0. The van der Waals surface area contributed by atoms with Crippen LogP contribution in [0.2, 0.25) is 0 Å². The average Bonchev–Trinajstić information content (AvgIpc) is 2.38. The van der Waals surface area contributed by atoms with Crippen molar-refractivity contribution in [2.75, 3.05) is 37.7 Å². The molecule has 0 spiro atoms. The summed E-state index contributed by atoms with van der Waals surface area (Å²) >= 11 is 0. The Morgan fingerprint density at radius 2 is 1.82 bits per heavy atom. The third kappa shape index (κ3) is 5.84. The number of hydrogen-bond acceptors (Lipinski definition) is 4. The highest BCUT2D eigenvalue weighted by Crippen LogP contribution is 2.08. The van der Waals surface area contributed by atoms with Crippen molar-refractivity contribution in [1.82, 2.24) is 10.2 Å². The lowest BCUT2D eigenvalue weighted by molar-refractivity contribution is 0.218. The highest BCUT2D eigenvalue weighted by molar-refractivity contribution is 7.91. The van der Waals surface area contributed by atoms with E-state index in [1.165, 1.54) is 0 Å². The Bertz CT molecular complexity index is 314. The van der Waals surface area contributed by atoms with Gasteiger partial charge in [0.05, 0.1) is 11.5 Å². The minimum Gasteiger partial charge on any atom is -0.315 e. The zero-order valence-corrected chi connectivity index (χ0v) is 12.1. The zero-order valence-electron chi connectivity index (χ0n) is 11.3. The van der Waals surface area contributed by atoms with Crippen LogP contribution in [0.4, 0.5) is 0 Å². The molecule has 4 nitrogen and oxygen atoms in total. The van der Waals surface area contributed by atoms with Gasteiger partial charge in [-0.05, 0) is 32.4 Å². The minimum absolute atomic E-state index is 0.321. The normalized spacial score (nSPS) is 23.5. The first-order valence-corrected chi connectivity index (χ1v) is 8.38. The fourth-order valence-corrected chi connectivity index (χ4v) is 3.39. The molecule has 1 N–H and O–H groups in total. The van der Waals surface area contributed by atoms with E-state index in [9.17, 15) is 8.42 Å². The van der Waals surface area contributed by atoms with E-state index in [0.29, 0.717) is 30.0 Å². The summed E-state index contributed by atoms with van der Waals surface area (Å²) in [4.78, 5) is 2.29. The van der Waals surface area contributed by atoms with Crippen molar-refractivity contribution in [3.8, 4) is 0 Å². The van der Waals surface area contributed by atoms with Gasteiger partial charge in [0.25, 0.3) is 0 Å². The molecule has 102 valence electrons. The minimum atomic E-state index is -2.78. The van der Waals surface area contributed by atoms with Crippen molar-refractivity contribution >= 4 is 9.84 Å². The van der Waals surface area contributed by atoms with E-state index in [4.69, 9.17) is 0 Å². The summed E-state index contributed by atoms with van der Waals surface area (Å²) in [7, 11) is -2.78. The van der Waals surface area contributed by atoms with Crippen LogP contribution in [-0.2, 0) is 9.84 Å². The fraction of sp³-hybridized carbons (Fsp3) is 1.00. The van der Waals surface area contributed by atoms with Crippen LogP contribution >= 0.6 is 0 Å². The van der Waals surface area contributed by atoms with Crippen molar-refractivity contribution in [3.63, 3.8) is 0 Å². The Kier molecular flexibility index (Phi) is 5.89. The molecule has 1 rings (SSSR count). The molecule has 0 aliphatic carbocycles. The van der Waals surface area contributed by atoms with E-state index in [1.807, 2.05) is 0 Å². The van der Waals surface area contributed by atoms with Gasteiger partial charge < -0.3 is 5.32 Å². The second-order valence-electron chi connectivity index (χ2n) is 5.44. The second kappa shape index (κ2) is 6.71. The average molecular weight is 262 g/mol. The van der Waals surface area contributed by atoms with E-state index in [1.54, 1.807) is 0 Å². The topological polar surface area (TPSA) is 49.4 Å². The van der Waals surface area contributed by atoms with Crippen molar-refractivity contribution in [3.05, 3.63) is 0 Å². The van der Waals surface area contributed by atoms with Gasteiger partial charge in [-0.25, -0.2) is 8.42 Å². The molecule has 1 atom stereocenters. The molecule has 0 radical (unpaired) electrons. The van der Waals surface area contributed by atoms with Crippen molar-refractivity contribution in [2.45, 2.75) is 33.2 Å². The molecule has 0 bridgehead atoms. The Morgan fingerprint density at radius 1 is 1.12 bits per heavy atom. The van der Waals surface area contributed by atoms with Gasteiger partial charge in [0.15, 0.2) is 9.84 Å². The van der Waals surface area contributed by atoms with Crippen molar-refractivity contribution in [1.29, 1.82) is 0 Å². The molecule has 1 unspecified atom stereocenters. The highest BCUT2D eigenvalue weighted by atomic mass is 32.2. The maximum Gasteiger partial charge on any atom is 0.151 e. The summed E-state index contributed by atoms with van der Waals surface area (Å²) in [6.07, 6.45) is 0.775. The molecule has 1 saturated heterocycles. The fourth-order valence-electron chi connectivity index (χ4n) is 2.11. The molecule has 1 heterocycles. The summed E-state index contributed by atoms with van der Waals surface area (Å²) in [6.45, 7) is 10.1. The van der Waals surface area contributed by atoms with Crippen LogP contribution in [0.15, 0.2) is 0 Å². The van der Waals surface area contributed by atoms with Gasteiger partial charge >= 0.3 is 0 Å². The first-order chi connectivity index (χ1) is 7.91. The molecule has 0 aromatic carbocycles. The van der Waals surface area contributed by atoms with E-state index in [0.717, 1.165) is 26.1 Å². The van der Waals surface area contributed by atoms with E-state index in [-0.39, 0.29) is 0 Å². The lowest BCUT2D eigenvalue weighted by Gasteiger charge is -2.27. The van der Waals surface area contributed by atoms with Gasteiger partial charge in [-0.2, -0.15) is 0 Å². The number of nitrogens with one attached hydrogen (secondary N) is 1. The van der Waals surface area contributed by atoms with Gasteiger partial charge in [0, 0.05) is 19.1 Å². The molecule has 1 aliphatic heterocycles. The molecule has 0 aromatic rings. The lowest BCUT2D eigenvalue weighted by atomic mass is 10.2. The maximum atomic E-state index is 11.5. The van der Waals surface area contributed by atoms with Crippen LogP contribution in [0.3, 0.4) is 0 Å². The van der Waals surface area contributed by atoms with Crippen LogP contribution in [0, 0.1) is 5.92 Å². The molecule has 0 amide bonds. The van der Waals surface area contributed by atoms with E-state index >= 15 is 0 Å². The van der Waals surface area contributed by atoms with Gasteiger partial charge in [0.2, 0.25) is 0 Å². The molecule has 5 heteroatoms. The monoisotopic (exact) mass is 262 g/mol. The van der Waals surface area contributed by atoms with Gasteiger partial charge in [0.1, 0.15) is 0 Å². The summed E-state index contributed by atoms with van der Waals surface area (Å²) in [5, 5.41) is 3.43. The van der Waals surface area contributed by atoms with Crippen molar-refractivity contribution < 1.29 is 8.42 Å². The second-order valence-corrected chi connectivity index (χ2v) is 7.75. The third-order valence-electron chi connectivity index (χ3n) is 3.21. The molecule has 17 heavy (non-hydrogen) atoms. The quantitative estimate of drug-likeness (QED) is 0.794. The smallest absolute Gasteiger partial charge is 0.151 e. The van der Waals surface area contributed by atoms with Crippen LogP contribution in [0.1, 0.15) is 27.2 Å². The van der Waals surface area contributed by atoms with Crippen LogP contribution < -0.4 is 5.32 Å². The number of nitrogens with zero attached hydrogens (tertiary/aromatic N) is 1. The van der Waals surface area contributed by atoms with Crippen LogP contribution in [0.25, 0.3) is 0 Å². The Hall–Kier alpha value is -0.130. The SMILES string of the molecule is CC(C)CNCC(C)N1CCCS(=O)(=O)CC1. The van der Waals surface area contributed by atoms with Crippen LogP contribution in [-0.4, -0.2) is 57.0 Å².